The summed E-state index contributed by atoms with van der Waals surface area (Å²) in [7, 11) is 0. The molecule has 406 valence electrons. The molecule has 1 aromatic carbocycles. The van der Waals surface area contributed by atoms with E-state index < -0.39 is 0 Å². The quantitative estimate of drug-likeness (QED) is 0.335. The van der Waals surface area contributed by atoms with Crippen molar-refractivity contribution in [1.82, 2.24) is 39.2 Å². The molecule has 0 radical (unpaired) electrons. The number of likely N-dealkylation sites (N-methyl/N-ethyl adjacent to an activating group) is 6. The Hall–Kier alpha value is 2.42. The van der Waals surface area contributed by atoms with Crippen molar-refractivity contribution in [3.63, 3.8) is 0 Å². The molecule has 2 aliphatic rings. The zero-order chi connectivity index (χ0) is 34.4. The summed E-state index contributed by atoms with van der Waals surface area (Å²) in [5, 5.41) is 0. The molecule has 2 fully saturated rings. The molecule has 0 unspecified atom stereocenters. The summed E-state index contributed by atoms with van der Waals surface area (Å²) >= 11 is 0. The second-order valence-corrected chi connectivity index (χ2v) is 14.4. The maximum atomic E-state index is 2.73. The predicted octanol–water partition coefficient (Wildman–Crippen LogP) is 2.84. The maximum Gasteiger partial charge on any atom is 0.0234 e. The monoisotopic (exact) mass is 1450 g/mol. The summed E-state index contributed by atoms with van der Waals surface area (Å²) in [4.78, 5) is 21.4. The van der Waals surface area contributed by atoms with Crippen LogP contribution in [0.1, 0.15) is 78.4 Å². The molecule has 0 aromatic heterocycles. The van der Waals surface area contributed by atoms with Gasteiger partial charge in [-0.2, -0.15) is 0 Å². The van der Waals surface area contributed by atoms with Crippen LogP contribution >= 0.6 is 136 Å². The average Bonchev–Trinajstić information content (AvgIpc) is 3.11. The Balaban J connectivity index is -0.000000130. The lowest BCUT2D eigenvalue weighted by Crippen LogP contribution is -2.41. The van der Waals surface area contributed by atoms with Gasteiger partial charge in [0.05, 0.1) is 0 Å². The van der Waals surface area contributed by atoms with Crippen molar-refractivity contribution in [2.75, 3.05) is 144 Å². The van der Waals surface area contributed by atoms with Gasteiger partial charge in [-0.25, -0.2) is 0 Å². The van der Waals surface area contributed by atoms with Gasteiger partial charge in [0.25, 0.3) is 0 Å². The van der Waals surface area contributed by atoms with Gasteiger partial charge in [0.15, 0.2) is 0 Å². The molecule has 1 aromatic rings. The van der Waals surface area contributed by atoms with Crippen molar-refractivity contribution >= 4 is 136 Å². The zero-order valence-corrected chi connectivity index (χ0v) is 53.7. The summed E-state index contributed by atoms with van der Waals surface area (Å²) in [5.74, 6) is 0. The van der Waals surface area contributed by atoms with Gasteiger partial charge < -0.3 is 73.2 Å². The Morgan fingerprint density at radius 3 is 0.547 bits per heavy atom. The molecule has 24 heteroatoms. The summed E-state index contributed by atoms with van der Waals surface area (Å²) < 4.78 is 0. The van der Waals surface area contributed by atoms with Gasteiger partial charge in [0.1, 0.15) is 0 Å². The minimum atomic E-state index is 0. The average molecular weight is 1460 g/mol. The molecule has 16 nitrogen and oxygen atoms in total. The zero-order valence-electron chi connectivity index (χ0n) is 40.0. The van der Waals surface area contributed by atoms with E-state index in [-0.39, 0.29) is 180 Å². The Kier molecular flexibility index (Phi) is 106. The first-order chi connectivity index (χ1) is 23.5. The molecule has 0 spiro atoms. The van der Waals surface area contributed by atoms with E-state index in [0.717, 1.165) is 52.4 Å². The molecular weight excluding hydrogens is 1360 g/mol. The lowest BCUT2D eigenvalue weighted by molar-refractivity contribution is 0.162. The van der Waals surface area contributed by atoms with Crippen molar-refractivity contribution in [2.45, 2.75) is 80.3 Å². The third-order valence-corrected chi connectivity index (χ3v) is 11.2. The van der Waals surface area contributed by atoms with E-state index >= 15 is 0 Å². The van der Waals surface area contributed by atoms with Gasteiger partial charge in [-0.05, 0) is 128 Å². The van der Waals surface area contributed by atoms with Crippen molar-refractivity contribution in [1.29, 1.82) is 0 Å². The fraction of sp³-hybridized carbons (Fsp3) is 0.850. The fourth-order valence-electron chi connectivity index (χ4n) is 7.58. The molecule has 0 atom stereocenters. The third kappa shape index (κ3) is 44.4. The van der Waals surface area contributed by atoms with E-state index in [9.17, 15) is 0 Å². The largest absolute Gasteiger partial charge is 0.412 e. The van der Waals surface area contributed by atoms with Crippen LogP contribution in [0.5, 0.6) is 0 Å². The lowest BCUT2D eigenvalue weighted by atomic mass is 10.1. The first kappa shape index (κ1) is 103. The Bertz CT molecular complexity index is 908. The summed E-state index contributed by atoms with van der Waals surface area (Å²) in [5.41, 5.74) is 2.93. The number of nitrogens with zero attached hydrogens (tertiary/aromatic N) is 8. The van der Waals surface area contributed by atoms with Gasteiger partial charge in [0, 0.05) is 65.4 Å². The lowest BCUT2D eigenvalue weighted by Gasteiger charge is -2.31. The van der Waals surface area contributed by atoms with Crippen LogP contribution in [-0.2, 0) is 13.1 Å². The second-order valence-electron chi connectivity index (χ2n) is 14.4. The topological polar surface area (TPSA) is 278 Å². The number of hydrogen-bond donors (Lipinski definition) is 0. The minimum absolute atomic E-state index is 0. The molecule has 3 rings (SSSR count). The van der Waals surface area contributed by atoms with Crippen LogP contribution in [-0.4, -0.2) is 227 Å². The van der Waals surface area contributed by atoms with Crippen LogP contribution < -0.4 is 0 Å². The van der Waals surface area contributed by atoms with Crippen molar-refractivity contribution < 1.29 is 43.8 Å². The van der Waals surface area contributed by atoms with Gasteiger partial charge in [-0.15, -0.1) is 136 Å². The first-order valence-corrected chi connectivity index (χ1v) is 20.4. The van der Waals surface area contributed by atoms with Gasteiger partial charge in [-0.1, -0.05) is 65.8 Å². The molecule has 0 aliphatic carbocycles. The van der Waals surface area contributed by atoms with Gasteiger partial charge in [0.2, 0.25) is 0 Å². The molecule has 0 saturated carbocycles. The standard InChI is InChI=1S/C40H78N8.8BrH.8H2O/c1-7-41-21-13-23-45(11-5)33-35-47(27-15-25-43(9-3)31-29-41)37-39-17-19-40(20-18-39)38-48-28-16-26-44(10-4)32-30-42(8-2)22-14-24-46(12-6)34-36-48;;;;;;;;;;;;;;;;/h17-20H,7-16,21-38H2,1-6H3;8*1H;8*1H2. The highest BCUT2D eigenvalue weighted by atomic mass is 79.9. The van der Waals surface area contributed by atoms with Crippen LogP contribution in [0.3, 0.4) is 0 Å². The van der Waals surface area contributed by atoms with Crippen LogP contribution in [0.15, 0.2) is 24.3 Å². The maximum absolute atomic E-state index is 2.73. The summed E-state index contributed by atoms with van der Waals surface area (Å²) in [6, 6.07) is 9.71. The molecule has 2 saturated heterocycles. The fourth-order valence-corrected chi connectivity index (χ4v) is 7.58. The van der Waals surface area contributed by atoms with Gasteiger partial charge in [-0.3, -0.25) is 9.80 Å². The van der Waals surface area contributed by atoms with E-state index in [4.69, 9.17) is 0 Å². The van der Waals surface area contributed by atoms with Crippen molar-refractivity contribution in [2.24, 2.45) is 0 Å². The molecule has 2 heterocycles. The van der Waals surface area contributed by atoms with E-state index in [1.54, 1.807) is 0 Å². The molecule has 0 amide bonds. The highest BCUT2D eigenvalue weighted by Gasteiger charge is 2.16. The SMILES string of the molecule is Br.Br.Br.Br.Br.Br.Br.Br.CCN1CCCN(CC)CCN(Cc2ccc(CN3CCCN(CC)CCN(CC)CCCN(CC)CC3)cc2)CCCN(CC)CC1.O.O.O.O.O.O.O.O. The molecule has 16 N–H and O–H groups in total. The molecule has 0 bridgehead atoms. The molecule has 2 aliphatic heterocycles. The van der Waals surface area contributed by atoms with Crippen LogP contribution in [0.25, 0.3) is 0 Å². The summed E-state index contributed by atoms with van der Waals surface area (Å²) in [6.07, 6.45) is 5.05. The van der Waals surface area contributed by atoms with Crippen LogP contribution in [0.4, 0.5) is 0 Å². The molecular formula is C40H102Br8N8O8. The molecule has 64 heavy (non-hydrogen) atoms. The third-order valence-electron chi connectivity index (χ3n) is 11.2. The Morgan fingerprint density at radius 1 is 0.250 bits per heavy atom. The number of hydrogen-bond acceptors (Lipinski definition) is 8. The number of benzene rings is 1. The smallest absolute Gasteiger partial charge is 0.0234 e. The Labute approximate surface area is 474 Å². The minimum Gasteiger partial charge on any atom is -0.412 e. The van der Waals surface area contributed by atoms with Crippen molar-refractivity contribution in [3.05, 3.63) is 35.4 Å². The Morgan fingerprint density at radius 2 is 0.391 bits per heavy atom. The van der Waals surface area contributed by atoms with Crippen LogP contribution in [0.2, 0.25) is 0 Å². The van der Waals surface area contributed by atoms with Crippen LogP contribution in [0, 0.1) is 0 Å². The summed E-state index contributed by atoms with van der Waals surface area (Å²) in [6.45, 7) is 42.2. The normalized spacial score (nSPS) is 17.1. The van der Waals surface area contributed by atoms with Crippen molar-refractivity contribution in [3.8, 4) is 0 Å². The van der Waals surface area contributed by atoms with E-state index in [0.29, 0.717) is 0 Å². The van der Waals surface area contributed by atoms with E-state index in [1.807, 2.05) is 0 Å². The number of halogens is 8. The van der Waals surface area contributed by atoms with E-state index in [2.05, 4.69) is 105 Å². The predicted molar refractivity (Wildman–Crippen MR) is 320 cm³/mol. The van der Waals surface area contributed by atoms with E-state index in [1.165, 1.54) is 142 Å². The second kappa shape index (κ2) is 65.4. The number of rotatable bonds is 10. The highest BCUT2D eigenvalue weighted by molar-refractivity contribution is 8.93. The van der Waals surface area contributed by atoms with Gasteiger partial charge >= 0.3 is 0 Å². The first-order valence-electron chi connectivity index (χ1n) is 20.4. The highest BCUT2D eigenvalue weighted by Crippen LogP contribution is 2.13.